The van der Waals surface area contributed by atoms with Crippen LogP contribution in [0.5, 0.6) is 5.75 Å². The molecule has 19 heavy (non-hydrogen) atoms. The van der Waals surface area contributed by atoms with Crippen molar-refractivity contribution in [3.63, 3.8) is 0 Å². The van der Waals surface area contributed by atoms with Gasteiger partial charge in [0.15, 0.2) is 0 Å². The van der Waals surface area contributed by atoms with Gasteiger partial charge in [-0.05, 0) is 65.0 Å². The van der Waals surface area contributed by atoms with Crippen LogP contribution in [0.25, 0.3) is 0 Å². The van der Waals surface area contributed by atoms with Crippen molar-refractivity contribution in [3.05, 3.63) is 62.2 Å². The second-order valence-corrected chi connectivity index (χ2v) is 5.74. The summed E-state index contributed by atoms with van der Waals surface area (Å²) in [5.41, 5.74) is 2.33. The number of nitrogens with one attached hydrogen (secondary N) is 1. The normalized spacial score (nSPS) is 12.2. The van der Waals surface area contributed by atoms with E-state index in [0.717, 1.165) is 19.9 Å². The second kappa shape index (κ2) is 6.59. The molecule has 0 heterocycles. The van der Waals surface area contributed by atoms with Gasteiger partial charge in [-0.3, -0.25) is 0 Å². The Morgan fingerprint density at radius 3 is 2.26 bits per heavy atom. The van der Waals surface area contributed by atoms with Gasteiger partial charge in [-0.15, -0.1) is 0 Å². The van der Waals surface area contributed by atoms with E-state index in [1.165, 1.54) is 5.56 Å². The molecule has 0 spiro atoms. The lowest BCUT2D eigenvalue weighted by molar-refractivity contribution is 0.414. The number of hydrogen-bond donors (Lipinski definition) is 1. The summed E-state index contributed by atoms with van der Waals surface area (Å²) < 4.78 is 6.24. The third-order valence-electron chi connectivity index (χ3n) is 3.01. The molecule has 0 fully saturated rings. The Bertz CT molecular complexity index is 557. The van der Waals surface area contributed by atoms with Crippen LogP contribution in [-0.2, 0) is 0 Å². The molecule has 0 saturated heterocycles. The molecule has 2 nitrogen and oxygen atoms in total. The summed E-state index contributed by atoms with van der Waals surface area (Å²) in [6, 6.07) is 14.3. The van der Waals surface area contributed by atoms with Crippen LogP contribution in [0.4, 0.5) is 0 Å². The lowest BCUT2D eigenvalue weighted by Crippen LogP contribution is -2.17. The second-order valence-electron chi connectivity index (χ2n) is 4.17. The summed E-state index contributed by atoms with van der Waals surface area (Å²) in [6.07, 6.45) is 0. The molecule has 0 aliphatic carbocycles. The minimum Gasteiger partial charge on any atom is -0.497 e. The van der Waals surface area contributed by atoms with E-state index in [0.29, 0.717) is 0 Å². The molecule has 1 N–H and O–H groups in total. The lowest BCUT2D eigenvalue weighted by atomic mass is 9.99. The van der Waals surface area contributed by atoms with Gasteiger partial charge in [-0.25, -0.2) is 0 Å². The largest absolute Gasteiger partial charge is 0.497 e. The van der Waals surface area contributed by atoms with Gasteiger partial charge in [0.1, 0.15) is 5.75 Å². The summed E-state index contributed by atoms with van der Waals surface area (Å²) in [5, 5.41) is 4.10. The molecule has 0 saturated carbocycles. The first-order valence-corrected chi connectivity index (χ1v) is 7.37. The average molecular weight is 388 g/mol. The standard InChI is InChI=1S/C15H15ClINO/c1-18-15(10-3-6-12(19-2)7-4-10)11-5-8-14(17)13(16)9-11/h3-9,15,18H,1-2H3. The molecule has 0 aromatic heterocycles. The van der Waals surface area contributed by atoms with Gasteiger partial charge >= 0.3 is 0 Å². The van der Waals surface area contributed by atoms with Crippen LogP contribution in [0, 0.1) is 3.57 Å². The fourth-order valence-electron chi connectivity index (χ4n) is 2.01. The Labute approximate surface area is 132 Å². The molecule has 4 heteroatoms. The number of rotatable bonds is 4. The summed E-state index contributed by atoms with van der Waals surface area (Å²) in [6.45, 7) is 0. The van der Waals surface area contributed by atoms with E-state index in [1.807, 2.05) is 31.3 Å². The van der Waals surface area contributed by atoms with E-state index < -0.39 is 0 Å². The monoisotopic (exact) mass is 387 g/mol. The van der Waals surface area contributed by atoms with Crippen LogP contribution >= 0.6 is 34.2 Å². The molecule has 2 aromatic carbocycles. The summed E-state index contributed by atoms with van der Waals surface area (Å²) in [5.74, 6) is 0.860. The molecule has 1 unspecified atom stereocenters. The Balaban J connectivity index is 2.34. The van der Waals surface area contributed by atoms with E-state index in [-0.39, 0.29) is 6.04 Å². The van der Waals surface area contributed by atoms with E-state index >= 15 is 0 Å². The topological polar surface area (TPSA) is 21.3 Å². The van der Waals surface area contributed by atoms with E-state index in [1.54, 1.807) is 7.11 Å². The first kappa shape index (κ1) is 14.6. The molecule has 0 amide bonds. The molecule has 0 aliphatic rings. The zero-order chi connectivity index (χ0) is 13.8. The van der Waals surface area contributed by atoms with Gasteiger partial charge in [0.2, 0.25) is 0 Å². The van der Waals surface area contributed by atoms with E-state index in [4.69, 9.17) is 16.3 Å². The number of methoxy groups -OCH3 is 1. The predicted molar refractivity (Wildman–Crippen MR) is 88.1 cm³/mol. The maximum atomic E-state index is 6.19. The Morgan fingerprint density at radius 2 is 1.74 bits per heavy atom. The van der Waals surface area contributed by atoms with Crippen molar-refractivity contribution in [2.45, 2.75) is 6.04 Å². The average Bonchev–Trinajstić information content (AvgIpc) is 2.44. The highest BCUT2D eigenvalue weighted by Gasteiger charge is 2.13. The van der Waals surface area contributed by atoms with Crippen LogP contribution < -0.4 is 10.1 Å². The van der Waals surface area contributed by atoms with Crippen molar-refractivity contribution in [2.75, 3.05) is 14.2 Å². The maximum Gasteiger partial charge on any atom is 0.118 e. The van der Waals surface area contributed by atoms with Crippen LogP contribution in [0.1, 0.15) is 17.2 Å². The SMILES string of the molecule is CNC(c1ccc(OC)cc1)c1ccc(I)c(Cl)c1. The van der Waals surface area contributed by atoms with Gasteiger partial charge in [0, 0.05) is 3.57 Å². The number of benzene rings is 2. The third-order valence-corrected chi connectivity index (χ3v) is 4.59. The maximum absolute atomic E-state index is 6.19. The van der Waals surface area contributed by atoms with Crippen LogP contribution in [0.2, 0.25) is 5.02 Å². The van der Waals surface area contributed by atoms with Gasteiger partial charge in [-0.2, -0.15) is 0 Å². The molecular weight excluding hydrogens is 373 g/mol. The molecule has 2 rings (SSSR count). The molecule has 100 valence electrons. The van der Waals surface area contributed by atoms with Crippen molar-refractivity contribution in [1.29, 1.82) is 0 Å². The Kier molecular flexibility index (Phi) is 5.07. The first-order chi connectivity index (χ1) is 9.15. The highest BCUT2D eigenvalue weighted by atomic mass is 127. The van der Waals surface area contributed by atoms with Gasteiger partial charge in [0.05, 0.1) is 18.2 Å². The molecule has 2 aromatic rings. The van der Waals surface area contributed by atoms with Crippen molar-refractivity contribution in [3.8, 4) is 5.75 Å². The first-order valence-electron chi connectivity index (χ1n) is 5.92. The van der Waals surface area contributed by atoms with Crippen LogP contribution in [0.3, 0.4) is 0 Å². The lowest BCUT2D eigenvalue weighted by Gasteiger charge is -2.18. The number of ether oxygens (including phenoxy) is 1. The summed E-state index contributed by atoms with van der Waals surface area (Å²) in [7, 11) is 3.62. The fourth-order valence-corrected chi connectivity index (χ4v) is 2.54. The van der Waals surface area contributed by atoms with Crippen LogP contribution in [0.15, 0.2) is 42.5 Å². The van der Waals surface area contributed by atoms with Gasteiger partial charge < -0.3 is 10.1 Å². The molecule has 0 bridgehead atoms. The zero-order valence-corrected chi connectivity index (χ0v) is 13.7. The third kappa shape index (κ3) is 3.41. The molecule has 0 radical (unpaired) electrons. The molecule has 0 aliphatic heterocycles. The fraction of sp³-hybridized carbons (Fsp3) is 0.200. The Morgan fingerprint density at radius 1 is 1.11 bits per heavy atom. The van der Waals surface area contributed by atoms with Crippen molar-refractivity contribution >= 4 is 34.2 Å². The highest BCUT2D eigenvalue weighted by Crippen LogP contribution is 2.28. The smallest absolute Gasteiger partial charge is 0.118 e. The van der Waals surface area contributed by atoms with Crippen molar-refractivity contribution < 1.29 is 4.74 Å². The quantitative estimate of drug-likeness (QED) is 0.792. The van der Waals surface area contributed by atoms with Crippen molar-refractivity contribution in [2.24, 2.45) is 0 Å². The molecule has 1 atom stereocenters. The minimum absolute atomic E-state index is 0.125. The summed E-state index contributed by atoms with van der Waals surface area (Å²) >= 11 is 8.43. The predicted octanol–water partition coefficient (Wildman–Crippen LogP) is 4.26. The van der Waals surface area contributed by atoms with E-state index in [2.05, 4.69) is 46.1 Å². The zero-order valence-electron chi connectivity index (χ0n) is 10.8. The Hall–Kier alpha value is -0.780. The summed E-state index contributed by atoms with van der Waals surface area (Å²) in [4.78, 5) is 0. The van der Waals surface area contributed by atoms with Crippen molar-refractivity contribution in [1.82, 2.24) is 5.32 Å². The van der Waals surface area contributed by atoms with E-state index in [9.17, 15) is 0 Å². The molecular formula is C15H15ClINO. The number of halogens is 2. The minimum atomic E-state index is 0.125. The van der Waals surface area contributed by atoms with Crippen LogP contribution in [-0.4, -0.2) is 14.2 Å². The van der Waals surface area contributed by atoms with Gasteiger partial charge in [0.25, 0.3) is 0 Å². The number of hydrogen-bond acceptors (Lipinski definition) is 2. The highest BCUT2D eigenvalue weighted by molar-refractivity contribution is 14.1. The van der Waals surface area contributed by atoms with Gasteiger partial charge in [-0.1, -0.05) is 29.8 Å².